The summed E-state index contributed by atoms with van der Waals surface area (Å²) in [7, 11) is 0. The van der Waals surface area contributed by atoms with Gasteiger partial charge >= 0.3 is 0 Å². The van der Waals surface area contributed by atoms with E-state index in [2.05, 4.69) is 20.8 Å². The fraction of sp³-hybridized carbons (Fsp3) is 1.00. The van der Waals surface area contributed by atoms with E-state index in [1.165, 1.54) is 25.7 Å². The van der Waals surface area contributed by atoms with Crippen molar-refractivity contribution in [1.29, 1.82) is 0 Å². The summed E-state index contributed by atoms with van der Waals surface area (Å²) in [5.41, 5.74) is 5.64. The summed E-state index contributed by atoms with van der Waals surface area (Å²) in [5.74, 6) is 3.79. The molecule has 0 heterocycles. The molecule has 2 N–H and O–H groups in total. The minimum atomic E-state index is 0.879. The van der Waals surface area contributed by atoms with Gasteiger partial charge in [-0.1, -0.05) is 33.6 Å². The molecular formula is C12H25N. The van der Waals surface area contributed by atoms with Gasteiger partial charge in [0.25, 0.3) is 0 Å². The lowest BCUT2D eigenvalue weighted by molar-refractivity contribution is -0.00903. The molecule has 0 aromatic carbocycles. The minimum Gasteiger partial charge on any atom is -0.330 e. The molecule has 1 heteroatoms. The summed E-state index contributed by atoms with van der Waals surface area (Å²) in [6.07, 6.45) is 5.43. The zero-order valence-corrected chi connectivity index (χ0v) is 9.42. The standard InChI is InChI=1S/C12H25N/c1-4-5-6-11-9(2)10(3)12(11)7-8-13/h9-12H,4-8,13H2,1-3H3. The van der Waals surface area contributed by atoms with Crippen molar-refractivity contribution in [3.05, 3.63) is 0 Å². The maximum Gasteiger partial charge on any atom is -0.00744 e. The molecule has 0 radical (unpaired) electrons. The number of unbranched alkanes of at least 4 members (excludes halogenated alkanes) is 1. The van der Waals surface area contributed by atoms with Gasteiger partial charge in [0.1, 0.15) is 0 Å². The predicted molar refractivity (Wildman–Crippen MR) is 58.5 cm³/mol. The predicted octanol–water partition coefficient (Wildman–Crippen LogP) is 3.04. The van der Waals surface area contributed by atoms with Crippen molar-refractivity contribution in [2.24, 2.45) is 29.4 Å². The zero-order valence-electron chi connectivity index (χ0n) is 9.42. The topological polar surface area (TPSA) is 26.0 Å². The van der Waals surface area contributed by atoms with Crippen LogP contribution in [0.2, 0.25) is 0 Å². The number of rotatable bonds is 5. The van der Waals surface area contributed by atoms with Gasteiger partial charge in [-0.05, 0) is 43.1 Å². The molecule has 1 nitrogen and oxygen atoms in total. The van der Waals surface area contributed by atoms with Gasteiger partial charge in [-0.15, -0.1) is 0 Å². The Labute approximate surface area is 83.1 Å². The molecular weight excluding hydrogens is 158 g/mol. The summed E-state index contributed by atoms with van der Waals surface area (Å²) in [6.45, 7) is 7.97. The van der Waals surface area contributed by atoms with E-state index in [0.717, 1.165) is 30.2 Å². The second-order valence-electron chi connectivity index (χ2n) is 4.77. The molecule has 0 amide bonds. The van der Waals surface area contributed by atoms with Crippen LogP contribution in [0.3, 0.4) is 0 Å². The average Bonchev–Trinajstić information content (AvgIpc) is 2.16. The third kappa shape index (κ3) is 2.25. The molecule has 1 aliphatic rings. The molecule has 1 rings (SSSR count). The Balaban J connectivity index is 2.33. The van der Waals surface area contributed by atoms with E-state index >= 15 is 0 Å². The molecule has 4 unspecified atom stereocenters. The van der Waals surface area contributed by atoms with Crippen molar-refractivity contribution in [1.82, 2.24) is 0 Å². The maximum atomic E-state index is 5.64. The summed E-state index contributed by atoms with van der Waals surface area (Å²) in [6, 6.07) is 0. The molecule has 4 atom stereocenters. The van der Waals surface area contributed by atoms with Gasteiger partial charge < -0.3 is 5.73 Å². The molecule has 0 spiro atoms. The van der Waals surface area contributed by atoms with Crippen LogP contribution in [0, 0.1) is 23.7 Å². The van der Waals surface area contributed by atoms with E-state index in [1.54, 1.807) is 0 Å². The number of nitrogens with two attached hydrogens (primary N) is 1. The van der Waals surface area contributed by atoms with E-state index in [4.69, 9.17) is 5.73 Å². The van der Waals surface area contributed by atoms with Crippen LogP contribution in [-0.4, -0.2) is 6.54 Å². The van der Waals surface area contributed by atoms with Gasteiger partial charge in [-0.2, -0.15) is 0 Å². The molecule has 13 heavy (non-hydrogen) atoms. The Kier molecular flexibility index (Phi) is 4.24. The SMILES string of the molecule is CCCCC1C(C)C(C)C1CCN. The summed E-state index contributed by atoms with van der Waals surface area (Å²) < 4.78 is 0. The first-order chi connectivity index (χ1) is 6.22. The molecule has 78 valence electrons. The van der Waals surface area contributed by atoms with Gasteiger partial charge in [-0.25, -0.2) is 0 Å². The minimum absolute atomic E-state index is 0.879. The van der Waals surface area contributed by atoms with Crippen molar-refractivity contribution in [2.75, 3.05) is 6.54 Å². The summed E-state index contributed by atoms with van der Waals surface area (Å²) in [5, 5.41) is 0. The number of hydrogen-bond donors (Lipinski definition) is 1. The fourth-order valence-electron chi connectivity index (χ4n) is 3.00. The van der Waals surface area contributed by atoms with E-state index in [-0.39, 0.29) is 0 Å². The van der Waals surface area contributed by atoms with Gasteiger partial charge in [0.2, 0.25) is 0 Å². The van der Waals surface area contributed by atoms with Gasteiger partial charge in [0.15, 0.2) is 0 Å². The van der Waals surface area contributed by atoms with Crippen LogP contribution >= 0.6 is 0 Å². The van der Waals surface area contributed by atoms with Crippen molar-refractivity contribution >= 4 is 0 Å². The van der Waals surface area contributed by atoms with E-state index < -0.39 is 0 Å². The third-order valence-corrected chi connectivity index (χ3v) is 4.12. The van der Waals surface area contributed by atoms with Gasteiger partial charge in [0, 0.05) is 0 Å². The van der Waals surface area contributed by atoms with Crippen molar-refractivity contribution in [2.45, 2.75) is 46.5 Å². The highest BCUT2D eigenvalue weighted by molar-refractivity contribution is 4.92. The summed E-state index contributed by atoms with van der Waals surface area (Å²) in [4.78, 5) is 0. The molecule has 0 aliphatic heterocycles. The zero-order chi connectivity index (χ0) is 9.84. The molecule has 0 aromatic heterocycles. The molecule has 0 bridgehead atoms. The first-order valence-electron chi connectivity index (χ1n) is 5.92. The van der Waals surface area contributed by atoms with Crippen molar-refractivity contribution in [3.8, 4) is 0 Å². The Morgan fingerprint density at radius 3 is 2.00 bits per heavy atom. The molecule has 1 fully saturated rings. The van der Waals surface area contributed by atoms with Crippen molar-refractivity contribution in [3.63, 3.8) is 0 Å². The quantitative estimate of drug-likeness (QED) is 0.696. The van der Waals surface area contributed by atoms with Crippen LogP contribution in [-0.2, 0) is 0 Å². The van der Waals surface area contributed by atoms with E-state index in [1.807, 2.05) is 0 Å². The highest BCUT2D eigenvalue weighted by Gasteiger charge is 2.43. The molecule has 1 saturated carbocycles. The highest BCUT2D eigenvalue weighted by atomic mass is 14.6. The second-order valence-corrected chi connectivity index (χ2v) is 4.77. The first-order valence-corrected chi connectivity index (χ1v) is 5.92. The Bertz CT molecular complexity index is 144. The van der Waals surface area contributed by atoms with Crippen LogP contribution in [0.4, 0.5) is 0 Å². The smallest absolute Gasteiger partial charge is 0.00744 e. The van der Waals surface area contributed by atoms with Crippen LogP contribution in [0.25, 0.3) is 0 Å². The van der Waals surface area contributed by atoms with Gasteiger partial charge in [0.05, 0.1) is 0 Å². The fourth-order valence-corrected chi connectivity index (χ4v) is 3.00. The van der Waals surface area contributed by atoms with E-state index in [9.17, 15) is 0 Å². The lowest BCUT2D eigenvalue weighted by Crippen LogP contribution is -2.44. The van der Waals surface area contributed by atoms with Crippen LogP contribution < -0.4 is 5.73 Å². The molecule has 0 aromatic rings. The normalized spacial score (nSPS) is 38.8. The monoisotopic (exact) mass is 183 g/mol. The largest absolute Gasteiger partial charge is 0.330 e. The molecule has 1 aliphatic carbocycles. The van der Waals surface area contributed by atoms with Gasteiger partial charge in [-0.3, -0.25) is 0 Å². The van der Waals surface area contributed by atoms with Crippen molar-refractivity contribution < 1.29 is 0 Å². The Morgan fingerprint density at radius 2 is 1.54 bits per heavy atom. The van der Waals surface area contributed by atoms with Crippen LogP contribution in [0.5, 0.6) is 0 Å². The molecule has 0 saturated heterocycles. The highest BCUT2D eigenvalue weighted by Crippen LogP contribution is 2.49. The maximum absolute atomic E-state index is 5.64. The Morgan fingerprint density at radius 1 is 1.00 bits per heavy atom. The van der Waals surface area contributed by atoms with E-state index in [0.29, 0.717) is 0 Å². The second kappa shape index (κ2) is 4.99. The lowest BCUT2D eigenvalue weighted by Gasteiger charge is -2.50. The number of hydrogen-bond acceptors (Lipinski definition) is 1. The third-order valence-electron chi connectivity index (χ3n) is 4.12. The summed E-state index contributed by atoms with van der Waals surface area (Å²) >= 11 is 0. The average molecular weight is 183 g/mol. The van der Waals surface area contributed by atoms with Crippen LogP contribution in [0.15, 0.2) is 0 Å². The first kappa shape index (κ1) is 11.0. The van der Waals surface area contributed by atoms with Crippen LogP contribution in [0.1, 0.15) is 46.5 Å². The lowest BCUT2D eigenvalue weighted by atomic mass is 9.56. The Hall–Kier alpha value is -0.0400.